The second-order valence-electron chi connectivity index (χ2n) is 9.46. The predicted octanol–water partition coefficient (Wildman–Crippen LogP) is 3.16. The Morgan fingerprint density at radius 1 is 1.37 bits per heavy atom. The molecule has 3 aliphatic heterocycles. The average molecular weight is 570 g/mol. The van der Waals surface area contributed by atoms with Crippen molar-refractivity contribution in [3.63, 3.8) is 0 Å². The van der Waals surface area contributed by atoms with Crippen LogP contribution in [-0.4, -0.2) is 75.2 Å². The van der Waals surface area contributed by atoms with E-state index in [1.165, 1.54) is 9.80 Å². The molecule has 0 aromatic heterocycles. The Hall–Kier alpha value is -1.94. The Morgan fingerprint density at radius 3 is 2.74 bits per heavy atom. The largest absolute Gasteiger partial charge is 0.481 e. The number of fused-ring (bicyclic) bond motifs is 1. The molecule has 6 atom stereocenters. The molecule has 1 aromatic rings. The van der Waals surface area contributed by atoms with Crippen LogP contribution in [0.1, 0.15) is 31.2 Å². The summed E-state index contributed by atoms with van der Waals surface area (Å²) < 4.78 is 6.32. The zero-order valence-electron chi connectivity index (χ0n) is 19.5. The molecule has 3 fully saturated rings. The number of likely N-dealkylation sites (tertiary alicyclic amines) is 1. The van der Waals surface area contributed by atoms with E-state index in [0.717, 1.165) is 5.56 Å². The van der Waals surface area contributed by atoms with Gasteiger partial charge in [-0.05, 0) is 44.2 Å². The maximum absolute atomic E-state index is 14.3. The summed E-state index contributed by atoms with van der Waals surface area (Å²) in [6.07, 6.45) is 3.08. The minimum atomic E-state index is -1.25. The van der Waals surface area contributed by atoms with Crippen LogP contribution in [0.3, 0.4) is 0 Å². The van der Waals surface area contributed by atoms with Gasteiger partial charge in [0.2, 0.25) is 5.91 Å². The fourth-order valence-corrected chi connectivity index (χ4v) is 7.30. The van der Waals surface area contributed by atoms with Crippen molar-refractivity contribution in [2.75, 3.05) is 24.6 Å². The minimum Gasteiger partial charge on any atom is -0.481 e. The van der Waals surface area contributed by atoms with Crippen molar-refractivity contribution in [3.05, 3.63) is 41.4 Å². The van der Waals surface area contributed by atoms with Gasteiger partial charge in [-0.25, -0.2) is 0 Å². The summed E-state index contributed by atoms with van der Waals surface area (Å²) in [6.45, 7) is 6.12. The maximum Gasteiger partial charge on any atom is 0.310 e. The Bertz CT molecular complexity index is 1020. The lowest BCUT2D eigenvalue weighted by Gasteiger charge is -2.37. The molecule has 0 radical (unpaired) electrons. The molecule has 2 bridgehead atoms. The number of hydrogen-bond acceptors (Lipinski definition) is 5. The first kappa shape index (κ1) is 26.1. The van der Waals surface area contributed by atoms with E-state index >= 15 is 0 Å². The van der Waals surface area contributed by atoms with Crippen molar-refractivity contribution in [1.82, 2.24) is 4.90 Å². The number of ether oxygens (including phenoxy) is 1. The van der Waals surface area contributed by atoms with Crippen LogP contribution >= 0.6 is 27.5 Å². The number of alkyl halides is 1. The lowest BCUT2D eigenvalue weighted by atomic mass is 9.70. The molecule has 3 unspecified atom stereocenters. The summed E-state index contributed by atoms with van der Waals surface area (Å²) in [5.41, 5.74) is 0.0741. The average Bonchev–Trinajstić information content (AvgIpc) is 3.39. The van der Waals surface area contributed by atoms with Crippen molar-refractivity contribution >= 4 is 51.0 Å². The van der Waals surface area contributed by atoms with E-state index in [4.69, 9.17) is 21.4 Å². The molecule has 3 aliphatic rings. The van der Waals surface area contributed by atoms with Gasteiger partial charge in [0.05, 0.1) is 28.6 Å². The SMILES string of the molecule is C=CCN(C(=O)C1N(CCCCCO)C(=O)[C@@H]2[C@H](C(=O)O)[C@H]3OC12CC3Br)c1c(C)cccc1Cl. The molecule has 35 heavy (non-hydrogen) atoms. The van der Waals surface area contributed by atoms with Gasteiger partial charge in [-0.2, -0.15) is 0 Å². The second-order valence-corrected chi connectivity index (χ2v) is 11.0. The number of anilines is 1. The fourth-order valence-electron chi connectivity index (χ4n) is 6.04. The number of aliphatic hydroxyl groups is 1. The number of halogens is 2. The van der Waals surface area contributed by atoms with Crippen LogP contribution in [0, 0.1) is 18.8 Å². The van der Waals surface area contributed by atoms with Crippen molar-refractivity contribution in [3.8, 4) is 0 Å². The number of carbonyl (C=O) groups is 3. The number of aryl methyl sites for hydroxylation is 1. The van der Waals surface area contributed by atoms with E-state index in [0.29, 0.717) is 36.4 Å². The summed E-state index contributed by atoms with van der Waals surface area (Å²) >= 11 is 10.1. The third kappa shape index (κ3) is 4.20. The number of rotatable bonds is 10. The molecule has 0 aliphatic carbocycles. The van der Waals surface area contributed by atoms with Crippen molar-refractivity contribution in [2.24, 2.45) is 11.8 Å². The molecule has 190 valence electrons. The Labute approximate surface area is 218 Å². The summed E-state index contributed by atoms with van der Waals surface area (Å²) in [5, 5.41) is 19.5. The number of amides is 2. The Balaban J connectivity index is 1.79. The quantitative estimate of drug-likeness (QED) is 0.255. The van der Waals surface area contributed by atoms with Crippen LogP contribution in [0.2, 0.25) is 5.02 Å². The van der Waals surface area contributed by atoms with Gasteiger partial charge in [0.1, 0.15) is 11.6 Å². The number of unbranched alkanes of at least 4 members (excludes halogenated alkanes) is 2. The third-order valence-corrected chi connectivity index (χ3v) is 8.55. The molecule has 1 spiro atoms. The molecule has 2 amide bonds. The number of benzene rings is 1. The number of nitrogens with zero attached hydrogens (tertiary/aromatic N) is 2. The minimum absolute atomic E-state index is 0.0406. The Morgan fingerprint density at radius 2 is 2.11 bits per heavy atom. The molecule has 0 saturated carbocycles. The smallest absolute Gasteiger partial charge is 0.310 e. The van der Waals surface area contributed by atoms with Crippen LogP contribution in [0.25, 0.3) is 0 Å². The summed E-state index contributed by atoms with van der Waals surface area (Å²) in [4.78, 5) is 43.0. The zero-order valence-corrected chi connectivity index (χ0v) is 21.9. The lowest BCUT2D eigenvalue weighted by Crippen LogP contribution is -2.57. The number of carbonyl (C=O) groups excluding carboxylic acids is 2. The van der Waals surface area contributed by atoms with Gasteiger partial charge in [0.15, 0.2) is 0 Å². The third-order valence-electron chi connectivity index (χ3n) is 7.40. The topological polar surface area (TPSA) is 107 Å². The van der Waals surface area contributed by atoms with Crippen LogP contribution in [0.5, 0.6) is 0 Å². The Kier molecular flexibility index (Phi) is 7.62. The van der Waals surface area contributed by atoms with Gasteiger partial charge in [-0.1, -0.05) is 45.7 Å². The summed E-state index contributed by atoms with van der Waals surface area (Å²) in [5.74, 6) is -3.81. The summed E-state index contributed by atoms with van der Waals surface area (Å²) in [7, 11) is 0. The number of hydrogen-bond donors (Lipinski definition) is 2. The van der Waals surface area contributed by atoms with Crippen molar-refractivity contribution in [1.29, 1.82) is 0 Å². The molecule has 1 aromatic carbocycles. The number of aliphatic hydroxyl groups excluding tert-OH is 1. The van der Waals surface area contributed by atoms with Gasteiger partial charge in [-0.15, -0.1) is 6.58 Å². The van der Waals surface area contributed by atoms with E-state index in [2.05, 4.69) is 22.5 Å². The van der Waals surface area contributed by atoms with E-state index in [1.807, 2.05) is 13.0 Å². The van der Waals surface area contributed by atoms with Crippen molar-refractivity contribution < 1.29 is 29.3 Å². The van der Waals surface area contributed by atoms with E-state index in [-0.39, 0.29) is 36.3 Å². The highest BCUT2D eigenvalue weighted by Gasteiger charge is 2.76. The lowest BCUT2D eigenvalue weighted by molar-refractivity contribution is -0.149. The number of carboxylic acid groups (broad SMARTS) is 1. The standard InChI is InChI=1S/C25H30BrClN2O6/c1-3-10-28(19-14(2)8-7-9-16(19)27)23(32)21-25-13-15(26)20(35-25)17(24(33)34)18(25)22(31)29(21)11-5-4-6-12-30/h3,7-9,15,17-18,20-21,30H,1,4-6,10-13H2,2H3,(H,33,34)/t15?,17-,18-,20-,21?,25?/m0/s1. The molecular formula is C25H30BrClN2O6. The van der Waals surface area contributed by atoms with Gasteiger partial charge in [0, 0.05) is 24.5 Å². The van der Waals surface area contributed by atoms with Gasteiger partial charge >= 0.3 is 5.97 Å². The van der Waals surface area contributed by atoms with E-state index < -0.39 is 35.6 Å². The summed E-state index contributed by atoms with van der Waals surface area (Å²) in [6, 6.07) is 4.35. The first-order valence-electron chi connectivity index (χ1n) is 11.8. The molecule has 3 heterocycles. The van der Waals surface area contributed by atoms with Gasteiger partial charge < -0.3 is 24.7 Å². The molecule has 10 heteroatoms. The fraction of sp³-hybridized carbons (Fsp3) is 0.560. The highest BCUT2D eigenvalue weighted by molar-refractivity contribution is 9.09. The van der Waals surface area contributed by atoms with Crippen LogP contribution in [0.15, 0.2) is 30.9 Å². The highest BCUT2D eigenvalue weighted by Crippen LogP contribution is 2.60. The first-order chi connectivity index (χ1) is 16.7. The second kappa shape index (κ2) is 10.2. The maximum atomic E-state index is 14.3. The van der Waals surface area contributed by atoms with E-state index in [9.17, 15) is 19.5 Å². The van der Waals surface area contributed by atoms with Gasteiger partial charge in [0.25, 0.3) is 5.91 Å². The molecule has 2 N–H and O–H groups in total. The predicted molar refractivity (Wildman–Crippen MR) is 135 cm³/mol. The van der Waals surface area contributed by atoms with Crippen LogP contribution in [-0.2, 0) is 19.1 Å². The van der Waals surface area contributed by atoms with Crippen LogP contribution in [0.4, 0.5) is 5.69 Å². The molecular weight excluding hydrogens is 540 g/mol. The number of aliphatic carboxylic acids is 1. The highest BCUT2D eigenvalue weighted by atomic mass is 79.9. The molecule has 4 rings (SSSR count). The first-order valence-corrected chi connectivity index (χ1v) is 13.1. The molecule has 3 saturated heterocycles. The zero-order chi connectivity index (χ0) is 25.5. The van der Waals surface area contributed by atoms with Gasteiger partial charge in [-0.3, -0.25) is 14.4 Å². The number of para-hydroxylation sites is 1. The van der Waals surface area contributed by atoms with Crippen molar-refractivity contribution in [2.45, 2.75) is 55.2 Å². The van der Waals surface area contributed by atoms with E-state index in [1.54, 1.807) is 18.2 Å². The van der Waals surface area contributed by atoms with Crippen LogP contribution < -0.4 is 4.90 Å². The normalized spacial score (nSPS) is 31.0. The monoisotopic (exact) mass is 568 g/mol. The molecule has 8 nitrogen and oxygen atoms in total. The number of carboxylic acids is 1.